The Bertz CT molecular complexity index is 609. The number of ether oxygens (including phenoxy) is 1. The van der Waals surface area contributed by atoms with Gasteiger partial charge in [-0.15, -0.1) is 0 Å². The Labute approximate surface area is 122 Å². The minimum atomic E-state index is -0.732. The molecule has 4 nitrogen and oxygen atoms in total. The highest BCUT2D eigenvalue weighted by Gasteiger charge is 2.16. The molecule has 6 heteroatoms. The van der Waals surface area contributed by atoms with Crippen molar-refractivity contribution in [3.05, 3.63) is 41.7 Å². The van der Waals surface area contributed by atoms with E-state index in [1.54, 1.807) is 7.05 Å². The molecule has 0 bridgehead atoms. The molecular weight excluding hydrogens is 276 g/mol. The van der Waals surface area contributed by atoms with Gasteiger partial charge in [0.15, 0.2) is 23.1 Å². The first-order chi connectivity index (χ1) is 9.74. The zero-order chi connectivity index (χ0) is 15.6. The van der Waals surface area contributed by atoms with Crippen molar-refractivity contribution in [2.75, 3.05) is 0 Å². The summed E-state index contributed by atoms with van der Waals surface area (Å²) in [7, 11) is 1.70. The summed E-state index contributed by atoms with van der Waals surface area (Å²) in [6.07, 6.45) is 2.93. The Morgan fingerprint density at radius 2 is 1.86 bits per heavy atom. The van der Waals surface area contributed by atoms with Crippen LogP contribution in [0.3, 0.4) is 0 Å². The second-order valence-corrected chi connectivity index (χ2v) is 5.94. The van der Waals surface area contributed by atoms with E-state index in [1.807, 2.05) is 20.8 Å². The molecule has 2 aromatic rings. The van der Waals surface area contributed by atoms with E-state index in [2.05, 4.69) is 10.4 Å². The van der Waals surface area contributed by atoms with Gasteiger partial charge >= 0.3 is 0 Å². The largest absolute Gasteiger partial charge is 0.448 e. The third kappa shape index (κ3) is 4.26. The van der Waals surface area contributed by atoms with Gasteiger partial charge in [-0.3, -0.25) is 4.68 Å². The van der Waals surface area contributed by atoms with Crippen molar-refractivity contribution < 1.29 is 13.5 Å². The zero-order valence-electron chi connectivity index (χ0n) is 12.6. The molecule has 0 unspecified atom stereocenters. The number of benzene rings is 1. The molecule has 0 aliphatic rings. The predicted octanol–water partition coefficient (Wildman–Crippen LogP) is 3.38. The molecule has 114 valence electrons. The fourth-order valence-corrected chi connectivity index (χ4v) is 1.75. The van der Waals surface area contributed by atoms with Crippen LogP contribution < -0.4 is 10.1 Å². The average molecular weight is 295 g/mol. The molecule has 1 aromatic heterocycles. The van der Waals surface area contributed by atoms with Gasteiger partial charge in [0, 0.05) is 19.1 Å². The Morgan fingerprint density at radius 3 is 2.33 bits per heavy atom. The number of rotatable bonds is 4. The standard InChI is InChI=1S/C15H19F2N3O/c1-15(2,3)18-7-10-5-12(16)14(13(17)6-10)21-11-8-19-20(4)9-11/h5-6,8-9,18H,7H2,1-4H3. The third-order valence-electron chi connectivity index (χ3n) is 2.78. The molecule has 0 saturated carbocycles. The van der Waals surface area contributed by atoms with E-state index in [0.29, 0.717) is 12.1 Å². The van der Waals surface area contributed by atoms with Crippen LogP contribution in [-0.4, -0.2) is 15.3 Å². The lowest BCUT2D eigenvalue weighted by molar-refractivity contribution is 0.401. The number of nitrogens with one attached hydrogen (secondary N) is 1. The van der Waals surface area contributed by atoms with E-state index < -0.39 is 17.4 Å². The molecule has 1 heterocycles. The van der Waals surface area contributed by atoms with Crippen molar-refractivity contribution in [2.45, 2.75) is 32.9 Å². The molecule has 0 amide bonds. The summed E-state index contributed by atoms with van der Waals surface area (Å²) < 4.78 is 34.7. The van der Waals surface area contributed by atoms with Crippen LogP contribution in [0.25, 0.3) is 0 Å². The van der Waals surface area contributed by atoms with Crippen molar-refractivity contribution >= 4 is 0 Å². The molecule has 1 N–H and O–H groups in total. The maximum Gasteiger partial charge on any atom is 0.198 e. The summed E-state index contributed by atoms with van der Waals surface area (Å²) in [6.45, 7) is 6.34. The fraction of sp³-hybridized carbons (Fsp3) is 0.400. The molecule has 21 heavy (non-hydrogen) atoms. The fourth-order valence-electron chi connectivity index (χ4n) is 1.75. The van der Waals surface area contributed by atoms with E-state index in [4.69, 9.17) is 4.74 Å². The van der Waals surface area contributed by atoms with Crippen LogP contribution in [0.1, 0.15) is 26.3 Å². The molecular formula is C15H19F2N3O. The Morgan fingerprint density at radius 1 is 1.24 bits per heavy atom. The Hall–Kier alpha value is -1.95. The molecule has 0 radical (unpaired) electrons. The van der Waals surface area contributed by atoms with Gasteiger partial charge in [0.2, 0.25) is 0 Å². The molecule has 0 aliphatic heterocycles. The monoisotopic (exact) mass is 295 g/mol. The summed E-state index contributed by atoms with van der Waals surface area (Å²) in [4.78, 5) is 0. The van der Waals surface area contributed by atoms with Crippen LogP contribution in [0.4, 0.5) is 8.78 Å². The highest BCUT2D eigenvalue weighted by molar-refractivity contribution is 5.34. The quantitative estimate of drug-likeness (QED) is 0.940. The molecule has 0 atom stereocenters. The van der Waals surface area contributed by atoms with Crippen molar-refractivity contribution in [2.24, 2.45) is 7.05 Å². The average Bonchev–Trinajstić information content (AvgIpc) is 2.76. The van der Waals surface area contributed by atoms with E-state index in [9.17, 15) is 8.78 Å². The number of halogens is 2. The first-order valence-corrected chi connectivity index (χ1v) is 6.64. The van der Waals surface area contributed by atoms with Gasteiger partial charge in [0.1, 0.15) is 0 Å². The second-order valence-electron chi connectivity index (χ2n) is 5.94. The molecule has 0 saturated heterocycles. The van der Waals surface area contributed by atoms with Gasteiger partial charge in [0.25, 0.3) is 0 Å². The zero-order valence-corrected chi connectivity index (χ0v) is 12.6. The maximum absolute atomic E-state index is 14.0. The normalized spacial score (nSPS) is 11.7. The van der Waals surface area contributed by atoms with Crippen molar-refractivity contribution in [3.8, 4) is 11.5 Å². The number of aryl methyl sites for hydroxylation is 1. The summed E-state index contributed by atoms with van der Waals surface area (Å²) >= 11 is 0. The minimum Gasteiger partial charge on any atom is -0.448 e. The smallest absolute Gasteiger partial charge is 0.198 e. The number of hydrogen-bond acceptors (Lipinski definition) is 3. The summed E-state index contributed by atoms with van der Waals surface area (Å²) in [5.74, 6) is -1.59. The van der Waals surface area contributed by atoms with Crippen LogP contribution in [-0.2, 0) is 13.6 Å². The first kappa shape index (κ1) is 15.4. The molecule has 1 aromatic carbocycles. The van der Waals surface area contributed by atoms with Gasteiger partial charge < -0.3 is 10.1 Å². The summed E-state index contributed by atoms with van der Waals surface area (Å²) in [6, 6.07) is 2.54. The number of aromatic nitrogens is 2. The molecule has 0 spiro atoms. The van der Waals surface area contributed by atoms with Crippen LogP contribution in [0.5, 0.6) is 11.5 Å². The lowest BCUT2D eigenvalue weighted by Gasteiger charge is -2.20. The van der Waals surface area contributed by atoms with Crippen LogP contribution in [0, 0.1) is 11.6 Å². The molecule has 2 rings (SSSR count). The molecule has 0 aliphatic carbocycles. The van der Waals surface area contributed by atoms with Gasteiger partial charge in [0.05, 0.1) is 12.4 Å². The summed E-state index contributed by atoms with van der Waals surface area (Å²) in [5.41, 5.74) is 0.399. The van der Waals surface area contributed by atoms with Crippen molar-refractivity contribution in [1.82, 2.24) is 15.1 Å². The van der Waals surface area contributed by atoms with E-state index in [1.165, 1.54) is 29.2 Å². The SMILES string of the molecule is Cn1cc(Oc2c(F)cc(CNC(C)(C)C)cc2F)cn1. The van der Waals surface area contributed by atoms with Crippen LogP contribution in [0.15, 0.2) is 24.5 Å². The van der Waals surface area contributed by atoms with Crippen LogP contribution >= 0.6 is 0 Å². The highest BCUT2D eigenvalue weighted by Crippen LogP contribution is 2.28. The topological polar surface area (TPSA) is 39.1 Å². The highest BCUT2D eigenvalue weighted by atomic mass is 19.1. The van der Waals surface area contributed by atoms with Gasteiger partial charge in [-0.2, -0.15) is 5.10 Å². The van der Waals surface area contributed by atoms with Gasteiger partial charge in [-0.05, 0) is 38.5 Å². The van der Waals surface area contributed by atoms with Crippen molar-refractivity contribution in [1.29, 1.82) is 0 Å². The van der Waals surface area contributed by atoms with Gasteiger partial charge in [-0.1, -0.05) is 0 Å². The predicted molar refractivity (Wildman–Crippen MR) is 76.2 cm³/mol. The first-order valence-electron chi connectivity index (χ1n) is 6.64. The lowest BCUT2D eigenvalue weighted by Crippen LogP contribution is -2.35. The maximum atomic E-state index is 14.0. The van der Waals surface area contributed by atoms with Crippen LogP contribution in [0.2, 0.25) is 0 Å². The molecule has 0 fully saturated rings. The number of nitrogens with zero attached hydrogens (tertiary/aromatic N) is 2. The number of hydrogen-bond donors (Lipinski definition) is 1. The summed E-state index contributed by atoms with van der Waals surface area (Å²) in [5, 5.41) is 7.06. The third-order valence-corrected chi connectivity index (χ3v) is 2.78. The Balaban J connectivity index is 2.17. The van der Waals surface area contributed by atoms with E-state index >= 15 is 0 Å². The Kier molecular flexibility index (Phi) is 4.27. The van der Waals surface area contributed by atoms with E-state index in [0.717, 1.165) is 0 Å². The lowest BCUT2D eigenvalue weighted by atomic mass is 10.1. The minimum absolute atomic E-state index is 0.127. The van der Waals surface area contributed by atoms with Gasteiger partial charge in [-0.25, -0.2) is 8.78 Å². The second kappa shape index (κ2) is 5.81. The van der Waals surface area contributed by atoms with Crippen molar-refractivity contribution in [3.63, 3.8) is 0 Å². The van der Waals surface area contributed by atoms with E-state index in [-0.39, 0.29) is 11.3 Å².